The van der Waals surface area contributed by atoms with Crippen LogP contribution in [0.4, 0.5) is 18.0 Å². The predicted molar refractivity (Wildman–Crippen MR) is 99.2 cm³/mol. The topological polar surface area (TPSA) is 84.4 Å². The highest BCUT2D eigenvalue weighted by Crippen LogP contribution is 2.46. The maximum Gasteiger partial charge on any atom is 0.434 e. The molecule has 1 N–H and O–H groups in total. The summed E-state index contributed by atoms with van der Waals surface area (Å²) in [6.45, 7) is 1.86. The largest absolute Gasteiger partial charge is 0.447 e. The fourth-order valence-corrected chi connectivity index (χ4v) is 4.69. The van der Waals surface area contributed by atoms with Gasteiger partial charge in [0.05, 0.1) is 17.9 Å². The Morgan fingerprint density at radius 1 is 1.23 bits per heavy atom. The molecular formula is C20H25F3N4O3. The molecule has 0 bridgehead atoms. The van der Waals surface area contributed by atoms with Crippen LogP contribution in [0.2, 0.25) is 0 Å². The number of aromatic nitrogens is 2. The van der Waals surface area contributed by atoms with Gasteiger partial charge >= 0.3 is 12.3 Å². The van der Waals surface area contributed by atoms with Crippen molar-refractivity contribution in [2.75, 3.05) is 19.7 Å². The molecule has 1 spiro atoms. The molecule has 3 fully saturated rings. The number of carbonyl (C=O) groups is 2. The van der Waals surface area contributed by atoms with Crippen LogP contribution in [0.25, 0.3) is 0 Å². The summed E-state index contributed by atoms with van der Waals surface area (Å²) in [6.07, 6.45) is 2.77. The van der Waals surface area contributed by atoms with Crippen molar-refractivity contribution in [2.24, 2.45) is 11.3 Å². The molecule has 2 saturated heterocycles. The molecule has 10 heteroatoms. The van der Waals surface area contributed by atoms with Crippen molar-refractivity contribution in [1.29, 1.82) is 0 Å². The number of cyclic esters (lactones) is 1. The summed E-state index contributed by atoms with van der Waals surface area (Å²) in [5, 5.41) is 2.68. The van der Waals surface area contributed by atoms with Gasteiger partial charge in [0.25, 0.3) is 0 Å². The summed E-state index contributed by atoms with van der Waals surface area (Å²) in [6, 6.07) is -0.0829. The van der Waals surface area contributed by atoms with E-state index < -0.39 is 18.0 Å². The second kappa shape index (κ2) is 8.03. The number of hydrogen-bond acceptors (Lipinski definition) is 5. The van der Waals surface area contributed by atoms with E-state index in [1.165, 1.54) is 6.20 Å². The van der Waals surface area contributed by atoms with Crippen LogP contribution in [0.1, 0.15) is 49.9 Å². The molecule has 1 atom stereocenters. The van der Waals surface area contributed by atoms with Crippen molar-refractivity contribution in [3.8, 4) is 0 Å². The van der Waals surface area contributed by atoms with E-state index in [0.717, 1.165) is 45.0 Å². The van der Waals surface area contributed by atoms with E-state index in [1.54, 1.807) is 0 Å². The zero-order valence-corrected chi connectivity index (χ0v) is 16.6. The Morgan fingerprint density at radius 2 is 1.97 bits per heavy atom. The minimum Gasteiger partial charge on any atom is -0.447 e. The molecule has 164 valence electrons. The number of alkyl carbamates (subject to hydrolysis) is 1. The maximum absolute atomic E-state index is 12.6. The van der Waals surface area contributed by atoms with Gasteiger partial charge in [0, 0.05) is 31.1 Å². The number of nitrogens with one attached hydrogen (secondary N) is 1. The summed E-state index contributed by atoms with van der Waals surface area (Å²) in [5.41, 5.74) is -0.184. The first-order valence-electron chi connectivity index (χ1n) is 10.3. The lowest BCUT2D eigenvalue weighted by Gasteiger charge is -2.53. The number of likely N-dealkylation sites (tertiary alicyclic amines) is 1. The molecule has 1 saturated carbocycles. The molecule has 2 amide bonds. The molecule has 7 nitrogen and oxygen atoms in total. The van der Waals surface area contributed by atoms with Crippen molar-refractivity contribution in [3.63, 3.8) is 0 Å². The highest BCUT2D eigenvalue weighted by atomic mass is 19.4. The fourth-order valence-electron chi connectivity index (χ4n) is 4.69. The molecule has 4 rings (SSSR count). The summed E-state index contributed by atoms with van der Waals surface area (Å²) < 4.78 is 42.6. The normalized spacial score (nSPS) is 23.8. The van der Waals surface area contributed by atoms with Crippen LogP contribution < -0.4 is 5.32 Å². The number of halogens is 3. The van der Waals surface area contributed by atoms with Gasteiger partial charge in [-0.05, 0) is 44.4 Å². The van der Waals surface area contributed by atoms with Gasteiger partial charge < -0.3 is 15.0 Å². The van der Waals surface area contributed by atoms with Gasteiger partial charge in [-0.3, -0.25) is 9.78 Å². The van der Waals surface area contributed by atoms with Gasteiger partial charge in [0.2, 0.25) is 5.91 Å². The Morgan fingerprint density at radius 3 is 2.53 bits per heavy atom. The Bertz CT molecular complexity index is 783. The number of carbonyl (C=O) groups excluding carboxylic acids is 2. The first-order valence-corrected chi connectivity index (χ1v) is 10.3. The van der Waals surface area contributed by atoms with E-state index in [-0.39, 0.29) is 17.4 Å². The lowest BCUT2D eigenvalue weighted by atomic mass is 9.65. The Balaban J connectivity index is 1.18. The van der Waals surface area contributed by atoms with Gasteiger partial charge in [-0.15, -0.1) is 0 Å². The second-order valence-corrected chi connectivity index (χ2v) is 8.77. The van der Waals surface area contributed by atoms with Crippen LogP contribution in [-0.4, -0.2) is 52.6 Å². The van der Waals surface area contributed by atoms with Gasteiger partial charge in [-0.1, -0.05) is 0 Å². The number of hydrogen-bond donors (Lipinski definition) is 1. The van der Waals surface area contributed by atoms with Gasteiger partial charge in [-0.2, -0.15) is 13.2 Å². The monoisotopic (exact) mass is 426 g/mol. The number of nitrogens with zero attached hydrogens (tertiary/aromatic N) is 3. The molecule has 0 unspecified atom stereocenters. The fraction of sp³-hybridized carbons (Fsp3) is 0.700. The first kappa shape index (κ1) is 20.9. The van der Waals surface area contributed by atoms with Crippen molar-refractivity contribution >= 4 is 12.0 Å². The van der Waals surface area contributed by atoms with Crippen molar-refractivity contribution < 1.29 is 27.5 Å². The number of rotatable bonds is 5. The Kier molecular flexibility index (Phi) is 5.59. The Labute approximate surface area is 172 Å². The van der Waals surface area contributed by atoms with Crippen LogP contribution in [0.5, 0.6) is 0 Å². The lowest BCUT2D eigenvalue weighted by molar-refractivity contribution is -0.146. The summed E-state index contributed by atoms with van der Waals surface area (Å²) in [5.74, 6) is 0.501. The first-order chi connectivity index (χ1) is 14.2. The van der Waals surface area contributed by atoms with Gasteiger partial charge in [0.1, 0.15) is 6.61 Å². The molecule has 0 radical (unpaired) electrons. The van der Waals surface area contributed by atoms with Gasteiger partial charge in [0.15, 0.2) is 5.69 Å². The third-order valence-electron chi connectivity index (χ3n) is 6.51. The van der Waals surface area contributed by atoms with E-state index in [1.807, 2.05) is 4.90 Å². The zero-order chi connectivity index (χ0) is 21.4. The van der Waals surface area contributed by atoms with Crippen LogP contribution in [0, 0.1) is 11.3 Å². The van der Waals surface area contributed by atoms with Crippen LogP contribution in [-0.2, 0) is 22.1 Å². The number of amides is 2. The minimum atomic E-state index is -4.46. The van der Waals surface area contributed by atoms with E-state index in [4.69, 9.17) is 4.74 Å². The van der Waals surface area contributed by atoms with Gasteiger partial charge in [-0.25, -0.2) is 9.78 Å². The van der Waals surface area contributed by atoms with E-state index in [2.05, 4.69) is 15.3 Å². The lowest BCUT2D eigenvalue weighted by Crippen LogP contribution is -2.59. The summed E-state index contributed by atoms with van der Waals surface area (Å²) in [4.78, 5) is 32.7. The zero-order valence-electron chi connectivity index (χ0n) is 16.6. The van der Waals surface area contributed by atoms with Crippen LogP contribution in [0.3, 0.4) is 0 Å². The SMILES string of the molecule is O=C1N[C@H](CCC(=O)N2CC3(CCC(Cc4cnc(C(F)(F)F)cn4)CC3)C2)CO1. The second-order valence-electron chi connectivity index (χ2n) is 8.77. The highest BCUT2D eigenvalue weighted by Gasteiger charge is 2.46. The van der Waals surface area contributed by atoms with Crippen molar-refractivity contribution in [3.05, 3.63) is 23.8 Å². The number of alkyl halides is 3. The van der Waals surface area contributed by atoms with E-state index >= 15 is 0 Å². The third kappa shape index (κ3) is 4.67. The average molecular weight is 426 g/mol. The predicted octanol–water partition coefficient (Wildman–Crippen LogP) is 2.95. The molecule has 3 heterocycles. The molecule has 1 aromatic heterocycles. The molecule has 1 aromatic rings. The average Bonchev–Trinajstić information content (AvgIpc) is 3.10. The Hall–Kier alpha value is -2.39. The molecule has 0 aromatic carbocycles. The quantitative estimate of drug-likeness (QED) is 0.783. The van der Waals surface area contributed by atoms with Crippen molar-refractivity contribution in [2.45, 2.75) is 57.2 Å². The smallest absolute Gasteiger partial charge is 0.434 e. The molecule has 30 heavy (non-hydrogen) atoms. The van der Waals surface area contributed by atoms with Crippen molar-refractivity contribution in [1.82, 2.24) is 20.2 Å². The highest BCUT2D eigenvalue weighted by molar-refractivity contribution is 5.77. The van der Waals surface area contributed by atoms with E-state index in [0.29, 0.717) is 37.5 Å². The molecule has 3 aliphatic rings. The molecule has 2 aliphatic heterocycles. The molecular weight excluding hydrogens is 401 g/mol. The van der Waals surface area contributed by atoms with E-state index in [9.17, 15) is 22.8 Å². The maximum atomic E-state index is 12.6. The van der Waals surface area contributed by atoms with Crippen LogP contribution in [0.15, 0.2) is 12.4 Å². The molecule has 1 aliphatic carbocycles. The minimum absolute atomic E-state index is 0.0829. The summed E-state index contributed by atoms with van der Waals surface area (Å²) in [7, 11) is 0. The van der Waals surface area contributed by atoms with Crippen LogP contribution >= 0.6 is 0 Å². The third-order valence-corrected chi connectivity index (χ3v) is 6.51. The standard InChI is InChI=1S/C20H25F3N4O3/c21-20(22,23)16-9-24-15(8-25-16)7-13-3-5-19(6-4-13)11-27(12-19)17(28)2-1-14-10-30-18(29)26-14/h8-9,13-14H,1-7,10-12H2,(H,26,29)/t14-/m1/s1. The summed E-state index contributed by atoms with van der Waals surface area (Å²) >= 11 is 0. The number of ether oxygens (including phenoxy) is 1.